The molecular formula is C16H10N2O6S. The molecule has 0 aliphatic carbocycles. The van der Waals surface area contributed by atoms with Crippen molar-refractivity contribution in [3.8, 4) is 5.75 Å². The highest BCUT2D eigenvalue weighted by atomic mass is 32.1. The minimum Gasteiger partial charge on any atom is -0.463 e. The number of hydrogen-bond acceptors (Lipinski definition) is 7. The van der Waals surface area contributed by atoms with Crippen molar-refractivity contribution in [2.24, 2.45) is 0 Å². The molecule has 2 amide bonds. The standard InChI is InChI=1S/C16H10N2O6S/c1-7(19)24-9-2-3-12-10(5-9)13(20)8(6-23-12)4-11-14(21)17-16(25)18-15(11)22/h2-6H,1H3,(H2,17,18,21,22,25). The van der Waals surface area contributed by atoms with Crippen LogP contribution in [-0.4, -0.2) is 22.9 Å². The first kappa shape index (κ1) is 16.5. The molecule has 0 unspecified atom stereocenters. The summed E-state index contributed by atoms with van der Waals surface area (Å²) in [5, 5.41) is 4.57. The summed E-state index contributed by atoms with van der Waals surface area (Å²) in [5.41, 5.74) is -0.518. The Morgan fingerprint density at radius 2 is 1.88 bits per heavy atom. The number of fused-ring (bicyclic) bond motifs is 1. The topological polar surface area (TPSA) is 115 Å². The minimum absolute atomic E-state index is 0.0133. The van der Waals surface area contributed by atoms with Gasteiger partial charge in [-0.25, -0.2) is 0 Å². The van der Waals surface area contributed by atoms with Crippen molar-refractivity contribution in [3.05, 3.63) is 45.8 Å². The molecule has 2 aromatic rings. The van der Waals surface area contributed by atoms with Crippen LogP contribution in [0.25, 0.3) is 17.0 Å². The average Bonchev–Trinajstić information content (AvgIpc) is 2.52. The van der Waals surface area contributed by atoms with Gasteiger partial charge in [-0.05, 0) is 36.5 Å². The second-order valence-corrected chi connectivity index (χ2v) is 5.48. The van der Waals surface area contributed by atoms with Gasteiger partial charge in [0.2, 0.25) is 0 Å². The highest BCUT2D eigenvalue weighted by Gasteiger charge is 2.26. The number of esters is 1. The van der Waals surface area contributed by atoms with Crippen molar-refractivity contribution < 1.29 is 23.5 Å². The van der Waals surface area contributed by atoms with E-state index < -0.39 is 23.2 Å². The van der Waals surface area contributed by atoms with Gasteiger partial charge in [-0.1, -0.05) is 0 Å². The second-order valence-electron chi connectivity index (χ2n) is 5.07. The first-order valence-corrected chi connectivity index (χ1v) is 7.38. The fourth-order valence-electron chi connectivity index (χ4n) is 2.22. The quantitative estimate of drug-likeness (QED) is 0.266. The van der Waals surface area contributed by atoms with Crippen LogP contribution in [0.4, 0.5) is 0 Å². The Labute approximate surface area is 145 Å². The summed E-state index contributed by atoms with van der Waals surface area (Å²) in [6.07, 6.45) is 2.24. The van der Waals surface area contributed by atoms with Crippen LogP contribution in [0, 0.1) is 0 Å². The third-order valence-corrected chi connectivity index (χ3v) is 3.48. The summed E-state index contributed by atoms with van der Waals surface area (Å²) in [5.74, 6) is -1.80. The predicted octanol–water partition coefficient (Wildman–Crippen LogP) is 0.633. The van der Waals surface area contributed by atoms with Gasteiger partial charge in [0.05, 0.1) is 10.9 Å². The molecule has 9 heteroatoms. The Kier molecular flexibility index (Phi) is 4.15. The van der Waals surface area contributed by atoms with Gasteiger partial charge in [-0.15, -0.1) is 0 Å². The van der Waals surface area contributed by atoms with E-state index in [2.05, 4.69) is 10.6 Å². The lowest BCUT2D eigenvalue weighted by atomic mass is 10.1. The maximum atomic E-state index is 12.6. The number of hydrogen-bond donors (Lipinski definition) is 2. The largest absolute Gasteiger partial charge is 0.463 e. The Bertz CT molecular complexity index is 1010. The van der Waals surface area contributed by atoms with Gasteiger partial charge in [0.15, 0.2) is 10.5 Å². The van der Waals surface area contributed by atoms with Gasteiger partial charge >= 0.3 is 5.97 Å². The van der Waals surface area contributed by atoms with Crippen LogP contribution in [0.2, 0.25) is 0 Å². The van der Waals surface area contributed by atoms with Crippen LogP contribution in [0.15, 0.2) is 39.2 Å². The third-order valence-electron chi connectivity index (χ3n) is 3.28. The molecule has 2 heterocycles. The molecule has 1 aromatic carbocycles. The van der Waals surface area contributed by atoms with Crippen LogP contribution < -0.4 is 20.8 Å². The molecule has 0 atom stereocenters. The normalized spacial score (nSPS) is 14.1. The van der Waals surface area contributed by atoms with Crippen molar-refractivity contribution in [3.63, 3.8) is 0 Å². The van der Waals surface area contributed by atoms with Gasteiger partial charge < -0.3 is 9.15 Å². The highest BCUT2D eigenvalue weighted by Crippen LogP contribution is 2.20. The fourth-order valence-corrected chi connectivity index (χ4v) is 2.40. The van der Waals surface area contributed by atoms with E-state index in [-0.39, 0.29) is 33.0 Å². The van der Waals surface area contributed by atoms with Gasteiger partial charge in [0.1, 0.15) is 23.2 Å². The van der Waals surface area contributed by atoms with E-state index in [1.165, 1.54) is 25.1 Å². The van der Waals surface area contributed by atoms with Crippen LogP contribution in [0.3, 0.4) is 0 Å². The minimum atomic E-state index is -0.720. The van der Waals surface area contributed by atoms with E-state index in [4.69, 9.17) is 21.4 Å². The molecule has 0 bridgehead atoms. The molecule has 3 rings (SSSR count). The molecule has 0 spiro atoms. The summed E-state index contributed by atoms with van der Waals surface area (Å²) >= 11 is 4.70. The van der Waals surface area contributed by atoms with Gasteiger partial charge in [0, 0.05) is 6.92 Å². The van der Waals surface area contributed by atoms with Crippen LogP contribution in [0.1, 0.15) is 12.5 Å². The number of carbonyl (C=O) groups is 3. The molecule has 25 heavy (non-hydrogen) atoms. The highest BCUT2D eigenvalue weighted by molar-refractivity contribution is 7.80. The molecule has 126 valence electrons. The molecule has 2 N–H and O–H groups in total. The molecule has 1 saturated heterocycles. The molecule has 1 aliphatic heterocycles. The molecule has 0 saturated carbocycles. The zero-order chi connectivity index (χ0) is 18.1. The van der Waals surface area contributed by atoms with E-state index in [0.717, 1.165) is 12.3 Å². The molecule has 0 radical (unpaired) electrons. The number of carbonyl (C=O) groups excluding carboxylic acids is 3. The fraction of sp³-hybridized carbons (Fsp3) is 0.0625. The lowest BCUT2D eigenvalue weighted by Crippen LogP contribution is -2.51. The van der Waals surface area contributed by atoms with Gasteiger partial charge in [0.25, 0.3) is 11.8 Å². The summed E-state index contributed by atoms with van der Waals surface area (Å²) < 4.78 is 10.3. The summed E-state index contributed by atoms with van der Waals surface area (Å²) in [7, 11) is 0. The number of rotatable bonds is 2. The second kappa shape index (κ2) is 6.29. The van der Waals surface area contributed by atoms with Gasteiger partial charge in [-0.3, -0.25) is 29.8 Å². The molecule has 1 aromatic heterocycles. The Morgan fingerprint density at radius 1 is 1.20 bits per heavy atom. The lowest BCUT2D eigenvalue weighted by Gasteiger charge is -2.16. The summed E-state index contributed by atoms with van der Waals surface area (Å²) in [4.78, 5) is 47.3. The maximum absolute atomic E-state index is 12.6. The SMILES string of the molecule is CC(=O)Oc1ccc2occ(C=C3C(=O)NC(=S)NC3=O)c(=O)c2c1. The number of benzene rings is 1. The third kappa shape index (κ3) is 3.31. The zero-order valence-electron chi connectivity index (χ0n) is 12.7. The Balaban J connectivity index is 2.09. The lowest BCUT2D eigenvalue weighted by molar-refractivity contribution is -0.132. The van der Waals surface area contributed by atoms with Crippen molar-refractivity contribution in [2.75, 3.05) is 0 Å². The van der Waals surface area contributed by atoms with E-state index in [9.17, 15) is 19.2 Å². The van der Waals surface area contributed by atoms with Crippen molar-refractivity contribution in [1.29, 1.82) is 0 Å². The smallest absolute Gasteiger partial charge is 0.308 e. The van der Waals surface area contributed by atoms with Crippen molar-refractivity contribution in [2.45, 2.75) is 6.92 Å². The van der Waals surface area contributed by atoms with Crippen LogP contribution in [-0.2, 0) is 14.4 Å². The van der Waals surface area contributed by atoms with Crippen molar-refractivity contribution >= 4 is 52.2 Å². The zero-order valence-corrected chi connectivity index (χ0v) is 13.6. The molecule has 8 nitrogen and oxygen atoms in total. The van der Waals surface area contributed by atoms with Crippen LogP contribution in [0.5, 0.6) is 5.75 Å². The monoisotopic (exact) mass is 358 g/mol. The number of nitrogens with one attached hydrogen (secondary N) is 2. The average molecular weight is 358 g/mol. The summed E-state index contributed by atoms with van der Waals surface area (Å²) in [6, 6.07) is 4.30. The Morgan fingerprint density at radius 3 is 2.52 bits per heavy atom. The maximum Gasteiger partial charge on any atom is 0.308 e. The van der Waals surface area contributed by atoms with E-state index in [1.54, 1.807) is 0 Å². The first-order chi connectivity index (χ1) is 11.8. The summed E-state index contributed by atoms with van der Waals surface area (Å²) in [6.45, 7) is 1.23. The van der Waals surface area contributed by atoms with Crippen molar-refractivity contribution in [1.82, 2.24) is 10.6 Å². The van der Waals surface area contributed by atoms with Crippen LogP contribution >= 0.6 is 12.2 Å². The number of thiocarbonyl (C=S) groups is 1. The number of amides is 2. The predicted molar refractivity (Wildman–Crippen MR) is 90.7 cm³/mol. The van der Waals surface area contributed by atoms with E-state index in [0.29, 0.717) is 0 Å². The van der Waals surface area contributed by atoms with E-state index >= 15 is 0 Å². The first-order valence-electron chi connectivity index (χ1n) is 6.97. The Hall–Kier alpha value is -3.33. The molecule has 1 fully saturated rings. The molecular weight excluding hydrogens is 348 g/mol. The van der Waals surface area contributed by atoms with E-state index in [1.807, 2.05) is 0 Å². The molecule has 1 aliphatic rings. The number of ether oxygens (including phenoxy) is 1. The van der Waals surface area contributed by atoms with Gasteiger partial charge in [-0.2, -0.15) is 0 Å².